The molecule has 0 aromatic heterocycles. The Morgan fingerprint density at radius 2 is 1.69 bits per heavy atom. The quantitative estimate of drug-likeness (QED) is 0.550. The van der Waals surface area contributed by atoms with Crippen molar-refractivity contribution in [1.82, 2.24) is 10.6 Å². The van der Waals surface area contributed by atoms with E-state index in [1.54, 1.807) is 13.1 Å². The Morgan fingerprint density at radius 1 is 1.04 bits per heavy atom. The summed E-state index contributed by atoms with van der Waals surface area (Å²) >= 11 is 0. The molecule has 26 heavy (non-hydrogen) atoms. The summed E-state index contributed by atoms with van der Waals surface area (Å²) in [4.78, 5) is 15.9. The number of nitrogens with one attached hydrogen (secondary N) is 3. The maximum Gasteiger partial charge on any atom is 0.226 e. The van der Waals surface area contributed by atoms with E-state index < -0.39 is 0 Å². The number of benzene rings is 2. The van der Waals surface area contributed by atoms with Gasteiger partial charge in [-0.15, -0.1) is 0 Å². The van der Waals surface area contributed by atoms with Gasteiger partial charge in [0.15, 0.2) is 5.96 Å². The third-order valence-corrected chi connectivity index (χ3v) is 3.78. The Balaban J connectivity index is 1.83. The molecule has 2 aromatic carbocycles. The molecule has 3 N–H and O–H groups in total. The highest BCUT2D eigenvalue weighted by Crippen LogP contribution is 2.11. The SMILES string of the molecule is CN=C(NCc1ccc(NC(=O)C(C)C)cc1)NCc1cccc(F)c1. The van der Waals surface area contributed by atoms with Gasteiger partial charge in [0.2, 0.25) is 5.91 Å². The summed E-state index contributed by atoms with van der Waals surface area (Å²) in [5.74, 6) is 0.324. The van der Waals surface area contributed by atoms with Gasteiger partial charge in [0.1, 0.15) is 5.82 Å². The summed E-state index contributed by atoms with van der Waals surface area (Å²) in [7, 11) is 1.69. The molecule has 0 atom stereocenters. The summed E-state index contributed by atoms with van der Waals surface area (Å²) in [6.45, 7) is 4.78. The van der Waals surface area contributed by atoms with Crippen LogP contribution in [-0.4, -0.2) is 18.9 Å². The van der Waals surface area contributed by atoms with E-state index in [-0.39, 0.29) is 17.6 Å². The minimum absolute atomic E-state index is 0.00201. The molecule has 6 heteroatoms. The zero-order valence-electron chi connectivity index (χ0n) is 15.3. The van der Waals surface area contributed by atoms with E-state index in [0.717, 1.165) is 16.8 Å². The standard InChI is InChI=1S/C20H25FN4O/c1-14(2)19(26)25-18-9-7-15(8-10-18)12-23-20(22-3)24-13-16-5-4-6-17(21)11-16/h4-11,14H,12-13H2,1-3H3,(H,25,26)(H2,22,23,24). The number of anilines is 1. The lowest BCUT2D eigenvalue weighted by Crippen LogP contribution is -2.36. The summed E-state index contributed by atoms with van der Waals surface area (Å²) in [6.07, 6.45) is 0. The number of guanidine groups is 1. The van der Waals surface area contributed by atoms with Gasteiger partial charge in [0.25, 0.3) is 0 Å². The van der Waals surface area contributed by atoms with Crippen LogP contribution in [0.1, 0.15) is 25.0 Å². The molecule has 138 valence electrons. The molecule has 0 aliphatic rings. The predicted octanol–water partition coefficient (Wildman–Crippen LogP) is 3.29. The molecular formula is C20H25FN4O. The smallest absolute Gasteiger partial charge is 0.226 e. The van der Waals surface area contributed by atoms with Crippen molar-refractivity contribution in [2.75, 3.05) is 12.4 Å². The topological polar surface area (TPSA) is 65.5 Å². The fourth-order valence-corrected chi connectivity index (χ4v) is 2.23. The Labute approximate surface area is 153 Å². The van der Waals surface area contributed by atoms with Gasteiger partial charge in [-0.3, -0.25) is 9.79 Å². The number of hydrogen-bond donors (Lipinski definition) is 3. The highest BCUT2D eigenvalue weighted by molar-refractivity contribution is 5.92. The van der Waals surface area contributed by atoms with Crippen molar-refractivity contribution in [3.05, 3.63) is 65.5 Å². The number of aliphatic imine (C=N–C) groups is 1. The zero-order valence-corrected chi connectivity index (χ0v) is 15.3. The predicted molar refractivity (Wildman–Crippen MR) is 103 cm³/mol. The van der Waals surface area contributed by atoms with Crippen LogP contribution in [0, 0.1) is 11.7 Å². The van der Waals surface area contributed by atoms with Crippen molar-refractivity contribution in [2.24, 2.45) is 10.9 Å². The molecule has 0 heterocycles. The molecule has 1 amide bonds. The zero-order chi connectivity index (χ0) is 18.9. The van der Waals surface area contributed by atoms with E-state index in [0.29, 0.717) is 19.0 Å². The van der Waals surface area contributed by atoms with Crippen LogP contribution in [0.4, 0.5) is 10.1 Å². The highest BCUT2D eigenvalue weighted by Gasteiger charge is 2.07. The molecule has 0 aliphatic heterocycles. The van der Waals surface area contributed by atoms with E-state index in [2.05, 4.69) is 20.9 Å². The van der Waals surface area contributed by atoms with Crippen LogP contribution < -0.4 is 16.0 Å². The molecule has 0 saturated carbocycles. The lowest BCUT2D eigenvalue weighted by Gasteiger charge is -2.13. The van der Waals surface area contributed by atoms with Crippen molar-refractivity contribution in [3.63, 3.8) is 0 Å². The van der Waals surface area contributed by atoms with Gasteiger partial charge in [0.05, 0.1) is 0 Å². The Kier molecular flexibility index (Phi) is 7.14. The number of carbonyl (C=O) groups is 1. The van der Waals surface area contributed by atoms with Gasteiger partial charge in [-0.25, -0.2) is 4.39 Å². The molecule has 0 unspecified atom stereocenters. The first-order chi connectivity index (χ1) is 12.5. The summed E-state index contributed by atoms with van der Waals surface area (Å²) < 4.78 is 13.2. The monoisotopic (exact) mass is 356 g/mol. The lowest BCUT2D eigenvalue weighted by atomic mass is 10.1. The van der Waals surface area contributed by atoms with Gasteiger partial charge in [-0.05, 0) is 35.4 Å². The maximum absolute atomic E-state index is 13.2. The number of hydrogen-bond acceptors (Lipinski definition) is 2. The van der Waals surface area contributed by atoms with Crippen LogP contribution >= 0.6 is 0 Å². The Morgan fingerprint density at radius 3 is 2.27 bits per heavy atom. The molecule has 5 nitrogen and oxygen atoms in total. The number of halogens is 1. The molecular weight excluding hydrogens is 331 g/mol. The van der Waals surface area contributed by atoms with Crippen molar-refractivity contribution in [2.45, 2.75) is 26.9 Å². The summed E-state index contributed by atoms with van der Waals surface area (Å²) in [5, 5.41) is 9.22. The molecule has 2 rings (SSSR count). The van der Waals surface area contributed by atoms with E-state index in [1.165, 1.54) is 12.1 Å². The second-order valence-corrected chi connectivity index (χ2v) is 6.25. The molecule has 0 spiro atoms. The second-order valence-electron chi connectivity index (χ2n) is 6.25. The fraction of sp³-hybridized carbons (Fsp3) is 0.300. The van der Waals surface area contributed by atoms with Crippen LogP contribution in [0.25, 0.3) is 0 Å². The molecule has 0 fully saturated rings. The highest BCUT2D eigenvalue weighted by atomic mass is 19.1. The van der Waals surface area contributed by atoms with Gasteiger partial charge < -0.3 is 16.0 Å². The molecule has 2 aromatic rings. The van der Waals surface area contributed by atoms with Gasteiger partial charge in [-0.1, -0.05) is 38.1 Å². The van der Waals surface area contributed by atoms with E-state index >= 15 is 0 Å². The van der Waals surface area contributed by atoms with Crippen LogP contribution in [0.2, 0.25) is 0 Å². The summed E-state index contributed by atoms with van der Waals surface area (Å²) in [6, 6.07) is 14.1. The van der Waals surface area contributed by atoms with E-state index in [1.807, 2.05) is 44.2 Å². The Bertz CT molecular complexity index is 757. The number of nitrogens with zero attached hydrogens (tertiary/aromatic N) is 1. The van der Waals surface area contributed by atoms with Gasteiger partial charge in [-0.2, -0.15) is 0 Å². The Hall–Kier alpha value is -2.89. The van der Waals surface area contributed by atoms with Crippen molar-refractivity contribution >= 4 is 17.6 Å². The van der Waals surface area contributed by atoms with Crippen LogP contribution in [0.3, 0.4) is 0 Å². The van der Waals surface area contributed by atoms with Crippen LogP contribution in [0.15, 0.2) is 53.5 Å². The van der Waals surface area contributed by atoms with Crippen molar-refractivity contribution in [3.8, 4) is 0 Å². The van der Waals surface area contributed by atoms with Crippen LogP contribution in [0.5, 0.6) is 0 Å². The third-order valence-electron chi connectivity index (χ3n) is 3.78. The van der Waals surface area contributed by atoms with Crippen molar-refractivity contribution < 1.29 is 9.18 Å². The third kappa shape index (κ3) is 6.20. The van der Waals surface area contributed by atoms with Gasteiger partial charge in [0, 0.05) is 31.7 Å². The number of carbonyl (C=O) groups excluding carboxylic acids is 1. The van der Waals surface area contributed by atoms with E-state index in [9.17, 15) is 9.18 Å². The average molecular weight is 356 g/mol. The first kappa shape index (κ1) is 19.4. The lowest BCUT2D eigenvalue weighted by molar-refractivity contribution is -0.118. The van der Waals surface area contributed by atoms with Gasteiger partial charge >= 0.3 is 0 Å². The molecule has 0 saturated heterocycles. The largest absolute Gasteiger partial charge is 0.352 e. The molecule has 0 aliphatic carbocycles. The summed E-state index contributed by atoms with van der Waals surface area (Å²) in [5.41, 5.74) is 2.68. The minimum atomic E-state index is -0.253. The minimum Gasteiger partial charge on any atom is -0.352 e. The number of rotatable bonds is 6. The van der Waals surface area contributed by atoms with E-state index in [4.69, 9.17) is 0 Å². The number of amides is 1. The van der Waals surface area contributed by atoms with Crippen molar-refractivity contribution in [1.29, 1.82) is 0 Å². The fourth-order valence-electron chi connectivity index (χ4n) is 2.23. The molecule has 0 bridgehead atoms. The van der Waals surface area contributed by atoms with Crippen LogP contribution in [-0.2, 0) is 17.9 Å². The average Bonchev–Trinajstić information content (AvgIpc) is 2.63. The first-order valence-corrected chi connectivity index (χ1v) is 8.56. The molecule has 0 radical (unpaired) electrons. The maximum atomic E-state index is 13.2. The first-order valence-electron chi connectivity index (χ1n) is 8.56. The second kappa shape index (κ2) is 9.56. The normalized spacial score (nSPS) is 11.3.